The number of carbonyl (C=O) groups excluding carboxylic acids is 1. The molecule has 0 saturated carbocycles. The summed E-state index contributed by atoms with van der Waals surface area (Å²) in [6, 6.07) is 9.69. The number of rotatable bonds is 4. The quantitative estimate of drug-likeness (QED) is 0.851. The van der Waals surface area contributed by atoms with E-state index in [9.17, 15) is 13.6 Å². The van der Waals surface area contributed by atoms with Gasteiger partial charge in [0.15, 0.2) is 0 Å². The van der Waals surface area contributed by atoms with E-state index in [2.05, 4.69) is 5.32 Å². The monoisotopic (exact) mass is 291 g/mol. The number of benzene rings is 2. The molecule has 0 atom stereocenters. The minimum atomic E-state index is -0.554. The first kappa shape index (κ1) is 14.8. The Bertz CT molecular complexity index is 644. The molecule has 3 N–H and O–H groups in total. The molecule has 2 rings (SSSR count). The molecule has 1 amide bonds. The molecule has 21 heavy (non-hydrogen) atoms. The van der Waals surface area contributed by atoms with Gasteiger partial charge in [-0.3, -0.25) is 4.79 Å². The summed E-state index contributed by atoms with van der Waals surface area (Å²) in [4.78, 5) is 13.5. The lowest BCUT2D eigenvalue weighted by Gasteiger charge is -2.18. The van der Waals surface area contributed by atoms with Gasteiger partial charge in [0.05, 0.1) is 12.2 Å². The van der Waals surface area contributed by atoms with Crippen molar-refractivity contribution in [3.05, 3.63) is 54.1 Å². The summed E-state index contributed by atoms with van der Waals surface area (Å²) in [6.07, 6.45) is 0. The van der Waals surface area contributed by atoms with E-state index in [1.807, 2.05) is 0 Å². The number of nitrogens with two attached hydrogens (primary N) is 1. The summed E-state index contributed by atoms with van der Waals surface area (Å²) < 4.78 is 26.3. The van der Waals surface area contributed by atoms with E-state index in [0.717, 1.165) is 0 Å². The van der Waals surface area contributed by atoms with Gasteiger partial charge < -0.3 is 16.0 Å². The average Bonchev–Trinajstić information content (AvgIpc) is 2.43. The molecule has 0 saturated heterocycles. The second-order valence-corrected chi connectivity index (χ2v) is 4.62. The number of nitrogens with zero attached hydrogens (tertiary/aromatic N) is 1. The molecule has 0 bridgehead atoms. The van der Waals surface area contributed by atoms with E-state index < -0.39 is 11.7 Å². The molecule has 6 heteroatoms. The molecule has 0 heterocycles. The second-order valence-electron chi connectivity index (χ2n) is 4.62. The van der Waals surface area contributed by atoms with Crippen LogP contribution in [0.4, 0.5) is 25.8 Å². The van der Waals surface area contributed by atoms with Crippen LogP contribution in [0, 0.1) is 11.6 Å². The fourth-order valence-corrected chi connectivity index (χ4v) is 1.83. The smallest absolute Gasteiger partial charge is 0.243 e. The average molecular weight is 291 g/mol. The summed E-state index contributed by atoms with van der Waals surface area (Å²) in [6.45, 7) is -0.000128. The zero-order valence-electron chi connectivity index (χ0n) is 11.4. The number of nitrogen functional groups attached to an aromatic ring is 1. The van der Waals surface area contributed by atoms with Crippen LogP contribution in [0.5, 0.6) is 0 Å². The van der Waals surface area contributed by atoms with Crippen molar-refractivity contribution in [1.82, 2.24) is 0 Å². The van der Waals surface area contributed by atoms with Gasteiger partial charge in [0, 0.05) is 18.4 Å². The van der Waals surface area contributed by atoms with Crippen molar-refractivity contribution < 1.29 is 13.6 Å². The minimum Gasteiger partial charge on any atom is -0.399 e. The van der Waals surface area contributed by atoms with Crippen LogP contribution in [-0.4, -0.2) is 19.5 Å². The van der Waals surface area contributed by atoms with Crippen LogP contribution in [0.2, 0.25) is 0 Å². The third kappa shape index (κ3) is 3.92. The van der Waals surface area contributed by atoms with Gasteiger partial charge in [0.25, 0.3) is 0 Å². The Kier molecular flexibility index (Phi) is 4.37. The van der Waals surface area contributed by atoms with E-state index in [-0.39, 0.29) is 18.0 Å². The molecular formula is C15H15F2N3O. The highest BCUT2D eigenvalue weighted by Crippen LogP contribution is 2.18. The number of likely N-dealkylation sites (N-methyl/N-ethyl adjacent to an activating group) is 1. The van der Waals surface area contributed by atoms with E-state index in [1.54, 1.807) is 24.1 Å². The Morgan fingerprint density at radius 2 is 1.86 bits per heavy atom. The van der Waals surface area contributed by atoms with Crippen molar-refractivity contribution in [2.75, 3.05) is 29.5 Å². The molecule has 0 unspecified atom stereocenters. The molecule has 0 fully saturated rings. The van der Waals surface area contributed by atoms with E-state index in [4.69, 9.17) is 5.73 Å². The summed E-state index contributed by atoms with van der Waals surface area (Å²) >= 11 is 0. The van der Waals surface area contributed by atoms with Crippen LogP contribution in [0.15, 0.2) is 42.5 Å². The van der Waals surface area contributed by atoms with Crippen LogP contribution in [-0.2, 0) is 4.79 Å². The number of hydrogen-bond donors (Lipinski definition) is 2. The second kappa shape index (κ2) is 6.21. The Morgan fingerprint density at radius 1 is 1.19 bits per heavy atom. The lowest BCUT2D eigenvalue weighted by molar-refractivity contribution is -0.114. The Hall–Kier alpha value is -2.63. The molecule has 0 aliphatic heterocycles. The third-order valence-electron chi connectivity index (χ3n) is 2.91. The molecule has 0 radical (unpaired) electrons. The van der Waals surface area contributed by atoms with Gasteiger partial charge in [0.1, 0.15) is 11.6 Å². The molecule has 2 aromatic carbocycles. The van der Waals surface area contributed by atoms with Gasteiger partial charge in [-0.15, -0.1) is 0 Å². The van der Waals surface area contributed by atoms with Crippen LogP contribution in [0.3, 0.4) is 0 Å². The zero-order valence-corrected chi connectivity index (χ0v) is 11.4. The number of amides is 1. The lowest BCUT2D eigenvalue weighted by atomic mass is 10.2. The Morgan fingerprint density at radius 3 is 2.52 bits per heavy atom. The van der Waals surface area contributed by atoms with Crippen LogP contribution in [0.1, 0.15) is 0 Å². The first-order valence-corrected chi connectivity index (χ1v) is 6.27. The standard InChI is InChI=1S/C15H15F2N3O/c1-20(12-5-2-10(16)3-6-12)9-15(21)19-14-8-11(18)4-7-13(14)17/h2-8H,9,18H2,1H3,(H,19,21). The maximum absolute atomic E-state index is 13.5. The number of carbonyl (C=O) groups is 1. The molecule has 4 nitrogen and oxygen atoms in total. The van der Waals surface area contributed by atoms with E-state index in [1.165, 1.54) is 30.3 Å². The van der Waals surface area contributed by atoms with Crippen molar-refractivity contribution in [2.45, 2.75) is 0 Å². The predicted octanol–water partition coefficient (Wildman–Crippen LogP) is 2.62. The fourth-order valence-electron chi connectivity index (χ4n) is 1.83. The van der Waals surface area contributed by atoms with Crippen LogP contribution < -0.4 is 16.0 Å². The number of anilines is 3. The predicted molar refractivity (Wildman–Crippen MR) is 79.1 cm³/mol. The Labute approximate surface area is 121 Å². The van der Waals surface area contributed by atoms with Gasteiger partial charge in [-0.25, -0.2) is 8.78 Å². The third-order valence-corrected chi connectivity index (χ3v) is 2.91. The first-order valence-electron chi connectivity index (χ1n) is 6.27. The van der Waals surface area contributed by atoms with Crippen LogP contribution >= 0.6 is 0 Å². The summed E-state index contributed by atoms with van der Waals surface area (Å²) in [7, 11) is 1.68. The maximum atomic E-state index is 13.5. The molecule has 2 aromatic rings. The summed E-state index contributed by atoms with van der Waals surface area (Å²) in [5, 5.41) is 2.45. The molecular weight excluding hydrogens is 276 g/mol. The van der Waals surface area contributed by atoms with Gasteiger partial charge in [-0.2, -0.15) is 0 Å². The normalized spacial score (nSPS) is 10.2. The lowest BCUT2D eigenvalue weighted by Crippen LogP contribution is -2.30. The summed E-state index contributed by atoms with van der Waals surface area (Å²) in [5.74, 6) is -1.30. The van der Waals surface area contributed by atoms with Crippen molar-refractivity contribution in [2.24, 2.45) is 0 Å². The first-order chi connectivity index (χ1) is 9.95. The fraction of sp³-hybridized carbons (Fsp3) is 0.133. The highest BCUT2D eigenvalue weighted by Gasteiger charge is 2.10. The minimum absolute atomic E-state index is 0.000128. The SMILES string of the molecule is CN(CC(=O)Nc1cc(N)ccc1F)c1ccc(F)cc1. The summed E-state index contributed by atoms with van der Waals surface area (Å²) in [5.41, 5.74) is 6.62. The highest BCUT2D eigenvalue weighted by atomic mass is 19.1. The number of hydrogen-bond acceptors (Lipinski definition) is 3. The van der Waals surface area contributed by atoms with Gasteiger partial charge >= 0.3 is 0 Å². The maximum Gasteiger partial charge on any atom is 0.243 e. The largest absolute Gasteiger partial charge is 0.399 e. The molecule has 0 spiro atoms. The molecule has 0 aromatic heterocycles. The highest BCUT2D eigenvalue weighted by molar-refractivity contribution is 5.94. The van der Waals surface area contributed by atoms with Crippen molar-refractivity contribution in [3.8, 4) is 0 Å². The van der Waals surface area contributed by atoms with E-state index >= 15 is 0 Å². The topological polar surface area (TPSA) is 58.4 Å². The van der Waals surface area contributed by atoms with Gasteiger partial charge in [0.2, 0.25) is 5.91 Å². The van der Waals surface area contributed by atoms with Gasteiger partial charge in [-0.05, 0) is 42.5 Å². The van der Waals surface area contributed by atoms with Crippen LogP contribution in [0.25, 0.3) is 0 Å². The van der Waals surface area contributed by atoms with E-state index in [0.29, 0.717) is 11.4 Å². The molecule has 0 aliphatic carbocycles. The van der Waals surface area contributed by atoms with Gasteiger partial charge in [-0.1, -0.05) is 0 Å². The molecule has 110 valence electrons. The Balaban J connectivity index is 2.01. The van der Waals surface area contributed by atoms with Crippen molar-refractivity contribution >= 4 is 23.0 Å². The van der Waals surface area contributed by atoms with Crippen molar-refractivity contribution in [1.29, 1.82) is 0 Å². The molecule has 0 aliphatic rings. The van der Waals surface area contributed by atoms with Crippen molar-refractivity contribution in [3.63, 3.8) is 0 Å². The number of halogens is 2. The number of nitrogens with one attached hydrogen (secondary N) is 1. The zero-order chi connectivity index (χ0) is 15.4.